The molecule has 0 aliphatic heterocycles. The van der Waals surface area contributed by atoms with Gasteiger partial charge in [0, 0.05) is 35.9 Å². The molecule has 0 aliphatic rings. The Bertz CT molecular complexity index is 692. The number of aromatic nitrogens is 1. The number of aromatic amines is 1. The lowest BCUT2D eigenvalue weighted by molar-refractivity contribution is 0.566. The van der Waals surface area contributed by atoms with E-state index in [1.54, 1.807) is 13.8 Å². The number of benzene rings is 1. The summed E-state index contributed by atoms with van der Waals surface area (Å²) in [7, 11) is -3.12. The standard InChI is InChI=1S/C16H25N3O2S/c1-13(2)22(20,21)19-10-5-3-4-9-17-15-6-7-16-14(12-15)8-11-18-16/h6-8,11-13,17-19H,3-5,9-10H2,1-2H3. The average molecular weight is 323 g/mol. The second-order valence-corrected chi connectivity index (χ2v) is 8.08. The van der Waals surface area contributed by atoms with Crippen LogP contribution in [-0.2, 0) is 10.0 Å². The van der Waals surface area contributed by atoms with Crippen LogP contribution in [0.15, 0.2) is 30.5 Å². The van der Waals surface area contributed by atoms with Crippen LogP contribution in [0.1, 0.15) is 33.1 Å². The summed E-state index contributed by atoms with van der Waals surface area (Å²) < 4.78 is 25.8. The molecule has 3 N–H and O–H groups in total. The molecule has 0 fully saturated rings. The van der Waals surface area contributed by atoms with Crippen LogP contribution in [0.4, 0.5) is 5.69 Å². The van der Waals surface area contributed by atoms with E-state index in [2.05, 4.69) is 39.3 Å². The van der Waals surface area contributed by atoms with Gasteiger partial charge in [0.25, 0.3) is 0 Å². The number of nitrogens with one attached hydrogen (secondary N) is 3. The third kappa shape index (κ3) is 4.74. The van der Waals surface area contributed by atoms with Crippen molar-refractivity contribution in [1.82, 2.24) is 9.71 Å². The first-order chi connectivity index (χ1) is 10.5. The van der Waals surface area contributed by atoms with Gasteiger partial charge in [0.05, 0.1) is 5.25 Å². The number of hydrogen-bond donors (Lipinski definition) is 3. The highest BCUT2D eigenvalue weighted by molar-refractivity contribution is 7.90. The molecule has 5 nitrogen and oxygen atoms in total. The normalized spacial score (nSPS) is 12.1. The number of rotatable bonds is 9. The molecule has 0 saturated heterocycles. The van der Waals surface area contributed by atoms with Gasteiger partial charge in [-0.25, -0.2) is 13.1 Å². The van der Waals surface area contributed by atoms with Crippen LogP contribution in [0.5, 0.6) is 0 Å². The van der Waals surface area contributed by atoms with Gasteiger partial charge in [0.15, 0.2) is 0 Å². The maximum Gasteiger partial charge on any atom is 0.213 e. The largest absolute Gasteiger partial charge is 0.385 e. The van der Waals surface area contributed by atoms with Gasteiger partial charge in [-0.1, -0.05) is 6.42 Å². The zero-order chi connectivity index (χ0) is 16.0. The Kier molecular flexibility index (Phi) is 5.85. The van der Waals surface area contributed by atoms with Crippen LogP contribution in [0.3, 0.4) is 0 Å². The molecule has 0 amide bonds. The molecule has 1 heterocycles. The molecule has 0 radical (unpaired) electrons. The molecule has 122 valence electrons. The third-order valence-corrected chi connectivity index (χ3v) is 5.51. The van der Waals surface area contributed by atoms with Gasteiger partial charge in [-0.3, -0.25) is 0 Å². The van der Waals surface area contributed by atoms with Crippen molar-refractivity contribution in [2.45, 2.75) is 38.4 Å². The van der Waals surface area contributed by atoms with Crippen LogP contribution >= 0.6 is 0 Å². The van der Waals surface area contributed by atoms with Gasteiger partial charge in [-0.2, -0.15) is 0 Å². The van der Waals surface area contributed by atoms with Crippen LogP contribution in [0.2, 0.25) is 0 Å². The van der Waals surface area contributed by atoms with Gasteiger partial charge >= 0.3 is 0 Å². The summed E-state index contributed by atoms with van der Waals surface area (Å²) in [5.41, 5.74) is 2.26. The molecule has 0 unspecified atom stereocenters. The van der Waals surface area contributed by atoms with E-state index in [4.69, 9.17) is 0 Å². The number of hydrogen-bond acceptors (Lipinski definition) is 3. The van der Waals surface area contributed by atoms with Gasteiger partial charge < -0.3 is 10.3 Å². The Morgan fingerprint density at radius 2 is 1.86 bits per heavy atom. The molecular weight excluding hydrogens is 298 g/mol. The summed E-state index contributed by atoms with van der Waals surface area (Å²) in [6.45, 7) is 4.80. The quantitative estimate of drug-likeness (QED) is 0.621. The lowest BCUT2D eigenvalue weighted by Crippen LogP contribution is -2.31. The van der Waals surface area contributed by atoms with Crippen molar-refractivity contribution in [3.8, 4) is 0 Å². The zero-order valence-electron chi connectivity index (χ0n) is 13.2. The molecule has 1 aromatic heterocycles. The van der Waals surface area contributed by atoms with E-state index in [1.807, 2.05) is 6.20 Å². The molecule has 0 saturated carbocycles. The van der Waals surface area contributed by atoms with E-state index in [1.165, 1.54) is 5.39 Å². The summed E-state index contributed by atoms with van der Waals surface area (Å²) in [6, 6.07) is 8.32. The Morgan fingerprint density at radius 3 is 2.64 bits per heavy atom. The topological polar surface area (TPSA) is 74.0 Å². The minimum absolute atomic E-state index is 0.363. The van der Waals surface area contributed by atoms with E-state index < -0.39 is 10.0 Å². The SMILES string of the molecule is CC(C)S(=O)(=O)NCCCCCNc1ccc2[nH]ccc2c1. The predicted octanol–water partition coefficient (Wildman–Crippen LogP) is 3.08. The van der Waals surface area contributed by atoms with Gasteiger partial charge in [-0.05, 0) is 51.0 Å². The Morgan fingerprint density at radius 1 is 1.09 bits per heavy atom. The molecule has 0 bridgehead atoms. The summed E-state index contributed by atoms with van der Waals surface area (Å²) in [4.78, 5) is 3.17. The molecule has 0 aliphatic carbocycles. The van der Waals surface area contributed by atoms with Crippen molar-refractivity contribution in [2.75, 3.05) is 18.4 Å². The van der Waals surface area contributed by atoms with E-state index in [9.17, 15) is 8.42 Å². The first-order valence-corrected chi connectivity index (χ1v) is 9.33. The number of H-pyrrole nitrogens is 1. The zero-order valence-corrected chi connectivity index (χ0v) is 14.0. The van der Waals surface area contributed by atoms with E-state index in [-0.39, 0.29) is 5.25 Å². The van der Waals surface area contributed by atoms with E-state index in [0.29, 0.717) is 6.54 Å². The Labute approximate surface area is 132 Å². The number of unbranched alkanes of at least 4 members (excludes halogenated alkanes) is 2. The fourth-order valence-corrected chi connectivity index (χ4v) is 2.97. The van der Waals surface area contributed by atoms with Gasteiger partial charge in [-0.15, -0.1) is 0 Å². The second kappa shape index (κ2) is 7.65. The maximum absolute atomic E-state index is 11.6. The minimum Gasteiger partial charge on any atom is -0.385 e. The van der Waals surface area contributed by atoms with Crippen LogP contribution in [0, 0.1) is 0 Å². The first-order valence-electron chi connectivity index (χ1n) is 7.78. The molecule has 1 aromatic carbocycles. The van der Waals surface area contributed by atoms with Gasteiger partial charge in [0.2, 0.25) is 10.0 Å². The number of fused-ring (bicyclic) bond motifs is 1. The second-order valence-electron chi connectivity index (χ2n) is 5.76. The highest BCUT2D eigenvalue weighted by Gasteiger charge is 2.13. The lowest BCUT2D eigenvalue weighted by atomic mass is 10.2. The summed E-state index contributed by atoms with van der Waals surface area (Å²) >= 11 is 0. The lowest BCUT2D eigenvalue weighted by Gasteiger charge is -2.09. The minimum atomic E-state index is -3.12. The van der Waals surface area contributed by atoms with E-state index >= 15 is 0 Å². The molecule has 2 aromatic rings. The summed E-state index contributed by atoms with van der Waals surface area (Å²) in [6.07, 6.45) is 4.83. The fourth-order valence-electron chi connectivity index (χ4n) is 2.20. The van der Waals surface area contributed by atoms with Crippen molar-refractivity contribution in [2.24, 2.45) is 0 Å². The first kappa shape index (κ1) is 16.8. The Balaban J connectivity index is 1.61. The average Bonchev–Trinajstić information content (AvgIpc) is 2.93. The van der Waals surface area contributed by atoms with Crippen LogP contribution in [0.25, 0.3) is 10.9 Å². The van der Waals surface area contributed by atoms with Crippen molar-refractivity contribution in [3.63, 3.8) is 0 Å². The van der Waals surface area contributed by atoms with Gasteiger partial charge in [0.1, 0.15) is 0 Å². The molecule has 2 rings (SSSR count). The third-order valence-electron chi connectivity index (χ3n) is 3.66. The maximum atomic E-state index is 11.6. The Hall–Kier alpha value is -1.53. The van der Waals surface area contributed by atoms with Crippen molar-refractivity contribution in [1.29, 1.82) is 0 Å². The van der Waals surface area contributed by atoms with Crippen molar-refractivity contribution >= 4 is 26.6 Å². The molecule has 22 heavy (non-hydrogen) atoms. The van der Waals surface area contributed by atoms with Crippen LogP contribution < -0.4 is 10.0 Å². The highest BCUT2D eigenvalue weighted by Crippen LogP contribution is 2.17. The smallest absolute Gasteiger partial charge is 0.213 e. The monoisotopic (exact) mass is 323 g/mol. The van der Waals surface area contributed by atoms with Crippen molar-refractivity contribution < 1.29 is 8.42 Å². The van der Waals surface area contributed by atoms with Crippen molar-refractivity contribution in [3.05, 3.63) is 30.5 Å². The highest BCUT2D eigenvalue weighted by atomic mass is 32.2. The molecule has 0 atom stereocenters. The molecule has 0 spiro atoms. The predicted molar refractivity (Wildman–Crippen MR) is 92.7 cm³/mol. The van der Waals surface area contributed by atoms with E-state index in [0.717, 1.165) is 37.0 Å². The molecule has 6 heteroatoms. The molecular formula is C16H25N3O2S. The number of anilines is 1. The number of sulfonamides is 1. The fraction of sp³-hybridized carbons (Fsp3) is 0.500. The summed E-state index contributed by atoms with van der Waals surface area (Å²) in [5, 5.41) is 4.24. The summed E-state index contributed by atoms with van der Waals surface area (Å²) in [5.74, 6) is 0. The van der Waals surface area contributed by atoms with Crippen LogP contribution in [-0.4, -0.2) is 31.7 Å².